The Labute approximate surface area is 97.6 Å². The van der Waals surface area contributed by atoms with E-state index in [1.165, 1.54) is 13.1 Å². The van der Waals surface area contributed by atoms with Crippen LogP contribution >= 0.6 is 0 Å². The van der Waals surface area contributed by atoms with Gasteiger partial charge in [-0.25, -0.2) is 8.78 Å². The Hall–Kier alpha value is -1.81. The average molecular weight is 235 g/mol. The lowest BCUT2D eigenvalue weighted by atomic mass is 9.89. The molecule has 0 saturated carbocycles. The van der Waals surface area contributed by atoms with Crippen LogP contribution in [0.1, 0.15) is 18.1 Å². The van der Waals surface area contributed by atoms with Gasteiger partial charge in [-0.3, -0.25) is 4.98 Å². The molecule has 0 aliphatic carbocycles. The second-order valence-corrected chi connectivity index (χ2v) is 3.97. The van der Waals surface area contributed by atoms with Crippen LogP contribution in [0.15, 0.2) is 42.7 Å². The number of nitrogens with zero attached hydrogens (tertiary/aromatic N) is 1. The van der Waals surface area contributed by atoms with Crippen LogP contribution in [0.3, 0.4) is 0 Å². The first-order chi connectivity index (χ1) is 8.00. The van der Waals surface area contributed by atoms with Gasteiger partial charge in [-0.2, -0.15) is 0 Å². The Morgan fingerprint density at radius 1 is 1.12 bits per heavy atom. The molecule has 17 heavy (non-hydrogen) atoms. The SMILES string of the molecule is CC(O)(c1cccnc1)c1cc(F)cc(F)c1. The van der Waals surface area contributed by atoms with E-state index in [4.69, 9.17) is 0 Å². The van der Waals surface area contributed by atoms with Crippen molar-refractivity contribution >= 4 is 0 Å². The van der Waals surface area contributed by atoms with Gasteiger partial charge in [0.2, 0.25) is 0 Å². The fraction of sp³-hybridized carbons (Fsp3) is 0.154. The minimum Gasteiger partial charge on any atom is -0.381 e. The van der Waals surface area contributed by atoms with Crippen LogP contribution in [-0.2, 0) is 5.60 Å². The van der Waals surface area contributed by atoms with Gasteiger partial charge in [-0.1, -0.05) is 6.07 Å². The van der Waals surface area contributed by atoms with Crippen LogP contribution in [0, 0.1) is 11.6 Å². The van der Waals surface area contributed by atoms with Crippen molar-refractivity contribution < 1.29 is 13.9 Å². The van der Waals surface area contributed by atoms with Crippen LogP contribution in [0.25, 0.3) is 0 Å². The van der Waals surface area contributed by atoms with Crippen molar-refractivity contribution in [3.8, 4) is 0 Å². The zero-order chi connectivity index (χ0) is 12.5. The molecule has 4 heteroatoms. The van der Waals surface area contributed by atoms with Crippen molar-refractivity contribution in [3.63, 3.8) is 0 Å². The summed E-state index contributed by atoms with van der Waals surface area (Å²) in [5.74, 6) is -1.44. The smallest absolute Gasteiger partial charge is 0.126 e. The van der Waals surface area contributed by atoms with E-state index in [1.54, 1.807) is 18.3 Å². The Morgan fingerprint density at radius 3 is 2.29 bits per heavy atom. The van der Waals surface area contributed by atoms with Gasteiger partial charge in [-0.15, -0.1) is 0 Å². The number of hydrogen-bond donors (Lipinski definition) is 1. The highest BCUT2D eigenvalue weighted by Gasteiger charge is 2.26. The molecule has 2 aromatic rings. The summed E-state index contributed by atoms with van der Waals surface area (Å²) in [6, 6.07) is 6.28. The van der Waals surface area contributed by atoms with Gasteiger partial charge in [0.15, 0.2) is 0 Å². The third kappa shape index (κ3) is 2.31. The van der Waals surface area contributed by atoms with Crippen molar-refractivity contribution in [2.24, 2.45) is 0 Å². The molecule has 1 aromatic heterocycles. The highest BCUT2D eigenvalue weighted by molar-refractivity contribution is 5.34. The number of aromatic nitrogens is 1. The van der Waals surface area contributed by atoms with Gasteiger partial charge < -0.3 is 5.11 Å². The monoisotopic (exact) mass is 235 g/mol. The molecule has 0 amide bonds. The number of hydrogen-bond acceptors (Lipinski definition) is 2. The Kier molecular flexibility index (Phi) is 2.90. The fourth-order valence-electron chi connectivity index (χ4n) is 1.65. The summed E-state index contributed by atoms with van der Waals surface area (Å²) in [5.41, 5.74) is -0.843. The van der Waals surface area contributed by atoms with Crippen LogP contribution in [-0.4, -0.2) is 10.1 Å². The molecule has 1 N–H and O–H groups in total. The Balaban J connectivity index is 2.51. The first kappa shape index (κ1) is 11.7. The highest BCUT2D eigenvalue weighted by Crippen LogP contribution is 2.29. The van der Waals surface area contributed by atoms with E-state index in [1.807, 2.05) is 0 Å². The fourth-order valence-corrected chi connectivity index (χ4v) is 1.65. The van der Waals surface area contributed by atoms with Gasteiger partial charge in [-0.05, 0) is 30.7 Å². The summed E-state index contributed by atoms with van der Waals surface area (Å²) >= 11 is 0. The van der Waals surface area contributed by atoms with Crippen molar-refractivity contribution in [3.05, 3.63) is 65.5 Å². The van der Waals surface area contributed by atoms with E-state index >= 15 is 0 Å². The lowest BCUT2D eigenvalue weighted by Gasteiger charge is -2.24. The molecule has 1 aromatic carbocycles. The van der Waals surface area contributed by atoms with E-state index < -0.39 is 17.2 Å². The molecule has 0 aliphatic rings. The van der Waals surface area contributed by atoms with Gasteiger partial charge in [0.05, 0.1) is 0 Å². The first-order valence-corrected chi connectivity index (χ1v) is 5.09. The van der Waals surface area contributed by atoms with E-state index in [9.17, 15) is 13.9 Å². The van der Waals surface area contributed by atoms with Crippen molar-refractivity contribution in [1.29, 1.82) is 0 Å². The predicted molar refractivity (Wildman–Crippen MR) is 59.3 cm³/mol. The average Bonchev–Trinajstić information content (AvgIpc) is 2.29. The summed E-state index contributed by atoms with van der Waals surface area (Å²) in [5, 5.41) is 10.3. The molecular weight excluding hydrogens is 224 g/mol. The maximum absolute atomic E-state index is 13.1. The zero-order valence-electron chi connectivity index (χ0n) is 9.19. The summed E-state index contributed by atoms with van der Waals surface area (Å²) in [6.45, 7) is 1.47. The number of halogens is 2. The predicted octanol–water partition coefficient (Wildman–Crippen LogP) is 2.62. The van der Waals surface area contributed by atoms with E-state index in [0.29, 0.717) is 5.56 Å². The minimum absolute atomic E-state index is 0.156. The molecule has 0 aliphatic heterocycles. The van der Waals surface area contributed by atoms with E-state index in [0.717, 1.165) is 18.2 Å². The molecule has 2 nitrogen and oxygen atoms in total. The Morgan fingerprint density at radius 2 is 1.76 bits per heavy atom. The normalized spacial score (nSPS) is 14.4. The second-order valence-electron chi connectivity index (χ2n) is 3.97. The van der Waals surface area contributed by atoms with Gasteiger partial charge >= 0.3 is 0 Å². The van der Waals surface area contributed by atoms with Crippen LogP contribution in [0.2, 0.25) is 0 Å². The first-order valence-electron chi connectivity index (χ1n) is 5.09. The standard InChI is InChI=1S/C13H11F2NO/c1-13(17,9-3-2-4-16-8-9)10-5-11(14)7-12(15)6-10/h2-8,17H,1H3. The zero-order valence-corrected chi connectivity index (χ0v) is 9.19. The second kappa shape index (κ2) is 4.22. The molecule has 0 bridgehead atoms. The maximum Gasteiger partial charge on any atom is 0.126 e. The lowest BCUT2D eigenvalue weighted by molar-refractivity contribution is 0.101. The maximum atomic E-state index is 13.1. The number of benzene rings is 1. The number of pyridine rings is 1. The number of rotatable bonds is 2. The van der Waals surface area contributed by atoms with Crippen LogP contribution < -0.4 is 0 Å². The molecule has 0 saturated heterocycles. The third-order valence-electron chi connectivity index (χ3n) is 2.65. The molecule has 1 unspecified atom stereocenters. The molecule has 88 valence electrons. The van der Waals surface area contributed by atoms with Crippen LogP contribution in [0.5, 0.6) is 0 Å². The lowest BCUT2D eigenvalue weighted by Crippen LogP contribution is -2.23. The highest BCUT2D eigenvalue weighted by atomic mass is 19.1. The van der Waals surface area contributed by atoms with Gasteiger partial charge in [0.1, 0.15) is 17.2 Å². The summed E-state index contributed by atoms with van der Waals surface area (Å²) in [7, 11) is 0. The largest absolute Gasteiger partial charge is 0.381 e. The molecule has 2 rings (SSSR count). The molecule has 0 fully saturated rings. The summed E-state index contributed by atoms with van der Waals surface area (Å²) in [6.07, 6.45) is 3.02. The van der Waals surface area contributed by atoms with E-state index in [-0.39, 0.29) is 5.56 Å². The van der Waals surface area contributed by atoms with Crippen molar-refractivity contribution in [2.75, 3.05) is 0 Å². The Bertz CT molecular complexity index is 506. The minimum atomic E-state index is -1.47. The molecular formula is C13H11F2NO. The van der Waals surface area contributed by atoms with Crippen molar-refractivity contribution in [1.82, 2.24) is 4.98 Å². The van der Waals surface area contributed by atoms with Crippen molar-refractivity contribution in [2.45, 2.75) is 12.5 Å². The van der Waals surface area contributed by atoms with E-state index in [2.05, 4.69) is 4.98 Å². The molecule has 0 spiro atoms. The molecule has 1 heterocycles. The van der Waals surface area contributed by atoms with Gasteiger partial charge in [0, 0.05) is 24.0 Å². The third-order valence-corrected chi connectivity index (χ3v) is 2.65. The summed E-state index contributed by atoms with van der Waals surface area (Å²) in [4.78, 5) is 3.87. The topological polar surface area (TPSA) is 33.1 Å². The molecule has 1 atom stereocenters. The quantitative estimate of drug-likeness (QED) is 0.868. The van der Waals surface area contributed by atoms with Gasteiger partial charge in [0.25, 0.3) is 0 Å². The summed E-state index contributed by atoms with van der Waals surface area (Å²) < 4.78 is 26.2. The van der Waals surface area contributed by atoms with Crippen LogP contribution in [0.4, 0.5) is 8.78 Å². The number of aliphatic hydroxyl groups is 1. The molecule has 0 radical (unpaired) electrons.